The van der Waals surface area contributed by atoms with Crippen molar-refractivity contribution >= 4 is 11.9 Å². The molecule has 5 nitrogen and oxygen atoms in total. The molecule has 1 aromatic carbocycles. The number of methoxy groups -OCH3 is 1. The molecule has 0 aromatic heterocycles. The fourth-order valence-electron chi connectivity index (χ4n) is 2.41. The summed E-state index contributed by atoms with van der Waals surface area (Å²) < 4.78 is 5.04. The first-order valence-electron chi connectivity index (χ1n) is 6.33. The maximum absolute atomic E-state index is 11.8. The zero-order chi connectivity index (χ0) is 13.8. The Morgan fingerprint density at radius 3 is 2.74 bits per heavy atom. The smallest absolute Gasteiger partial charge is 0.346 e. The van der Waals surface area contributed by atoms with Crippen LogP contribution in [0.1, 0.15) is 18.4 Å². The van der Waals surface area contributed by atoms with Crippen LogP contribution >= 0.6 is 0 Å². The van der Waals surface area contributed by atoms with Gasteiger partial charge in [0.1, 0.15) is 5.84 Å². The van der Waals surface area contributed by atoms with Gasteiger partial charge in [0, 0.05) is 19.6 Å². The number of ether oxygens (including phenoxy) is 1. The first-order chi connectivity index (χ1) is 9.15. The summed E-state index contributed by atoms with van der Waals surface area (Å²) in [7, 11) is 1.61. The lowest BCUT2D eigenvalue weighted by Gasteiger charge is -2.29. The van der Waals surface area contributed by atoms with Crippen molar-refractivity contribution in [2.24, 2.45) is 10.7 Å². The highest BCUT2D eigenvalue weighted by atomic mass is 16.5. The number of nitrogens with two attached hydrogens (primary N) is 1. The summed E-state index contributed by atoms with van der Waals surface area (Å²) in [6, 6.07) is 9.54. The van der Waals surface area contributed by atoms with Crippen molar-refractivity contribution in [3.63, 3.8) is 0 Å². The van der Waals surface area contributed by atoms with Crippen molar-refractivity contribution in [1.82, 2.24) is 4.90 Å². The van der Waals surface area contributed by atoms with E-state index in [-0.39, 0.29) is 18.0 Å². The molecule has 5 heteroatoms. The molecule has 2 amide bonds. The van der Waals surface area contributed by atoms with Crippen molar-refractivity contribution < 1.29 is 9.53 Å². The van der Waals surface area contributed by atoms with E-state index in [0.29, 0.717) is 19.0 Å². The quantitative estimate of drug-likeness (QED) is 0.875. The summed E-state index contributed by atoms with van der Waals surface area (Å²) in [4.78, 5) is 17.4. The first-order valence-corrected chi connectivity index (χ1v) is 6.33. The Morgan fingerprint density at radius 1 is 1.42 bits per heavy atom. The average molecular weight is 261 g/mol. The SMILES string of the molecule is COCCN1C(=O)N=C(N)C1C(C)c1ccccc1. The number of carbonyl (C=O) groups excluding carboxylic acids is 1. The van der Waals surface area contributed by atoms with E-state index >= 15 is 0 Å². The Kier molecular flexibility index (Phi) is 4.16. The van der Waals surface area contributed by atoms with Gasteiger partial charge >= 0.3 is 6.03 Å². The van der Waals surface area contributed by atoms with E-state index in [1.54, 1.807) is 12.0 Å². The predicted molar refractivity (Wildman–Crippen MR) is 74.2 cm³/mol. The summed E-state index contributed by atoms with van der Waals surface area (Å²) in [6.45, 7) is 3.04. The second-order valence-electron chi connectivity index (χ2n) is 4.65. The van der Waals surface area contributed by atoms with Crippen LogP contribution in [0.25, 0.3) is 0 Å². The fourth-order valence-corrected chi connectivity index (χ4v) is 2.41. The largest absolute Gasteiger partial charge is 0.385 e. The predicted octanol–water partition coefficient (Wildman–Crippen LogP) is 1.60. The van der Waals surface area contributed by atoms with E-state index < -0.39 is 0 Å². The average Bonchev–Trinajstić information content (AvgIpc) is 2.71. The maximum atomic E-state index is 11.8. The van der Waals surface area contributed by atoms with Gasteiger partial charge < -0.3 is 15.4 Å². The summed E-state index contributed by atoms with van der Waals surface area (Å²) in [5.74, 6) is 0.491. The molecule has 0 fully saturated rings. The third-order valence-corrected chi connectivity index (χ3v) is 3.44. The van der Waals surface area contributed by atoms with Crippen LogP contribution in [0, 0.1) is 0 Å². The molecule has 0 saturated heterocycles. The molecule has 0 saturated carbocycles. The summed E-state index contributed by atoms with van der Waals surface area (Å²) in [6.07, 6.45) is 0. The van der Waals surface area contributed by atoms with Crippen molar-refractivity contribution in [3.05, 3.63) is 35.9 Å². The fraction of sp³-hybridized carbons (Fsp3) is 0.429. The zero-order valence-corrected chi connectivity index (χ0v) is 11.2. The van der Waals surface area contributed by atoms with Crippen LogP contribution in [0.5, 0.6) is 0 Å². The monoisotopic (exact) mass is 261 g/mol. The molecule has 0 spiro atoms. The summed E-state index contributed by atoms with van der Waals surface area (Å²) >= 11 is 0. The maximum Gasteiger partial charge on any atom is 0.346 e. The van der Waals surface area contributed by atoms with E-state index in [1.807, 2.05) is 30.3 Å². The molecular weight excluding hydrogens is 242 g/mol. The zero-order valence-electron chi connectivity index (χ0n) is 11.2. The number of urea groups is 1. The molecule has 2 unspecified atom stereocenters. The third-order valence-electron chi connectivity index (χ3n) is 3.44. The normalized spacial score (nSPS) is 20.5. The first kappa shape index (κ1) is 13.5. The molecule has 102 valence electrons. The Balaban J connectivity index is 2.20. The van der Waals surface area contributed by atoms with Gasteiger partial charge in [-0.15, -0.1) is 0 Å². The van der Waals surface area contributed by atoms with E-state index in [1.165, 1.54) is 0 Å². The number of amidine groups is 1. The second-order valence-corrected chi connectivity index (χ2v) is 4.65. The molecular formula is C14H19N3O2. The van der Waals surface area contributed by atoms with E-state index in [9.17, 15) is 4.79 Å². The summed E-state index contributed by atoms with van der Waals surface area (Å²) in [5, 5.41) is 0. The van der Waals surface area contributed by atoms with Crippen molar-refractivity contribution in [1.29, 1.82) is 0 Å². The molecule has 0 aliphatic carbocycles. The van der Waals surface area contributed by atoms with Crippen LogP contribution in [-0.4, -0.2) is 43.1 Å². The van der Waals surface area contributed by atoms with Crippen molar-refractivity contribution in [2.75, 3.05) is 20.3 Å². The number of benzene rings is 1. The van der Waals surface area contributed by atoms with Gasteiger partial charge in [0.2, 0.25) is 0 Å². The highest BCUT2D eigenvalue weighted by molar-refractivity contribution is 6.03. The molecule has 1 aromatic rings. The molecule has 2 N–H and O–H groups in total. The Hall–Kier alpha value is -1.88. The molecule has 0 bridgehead atoms. The van der Waals surface area contributed by atoms with Gasteiger partial charge in [-0.05, 0) is 5.56 Å². The molecule has 2 rings (SSSR count). The van der Waals surface area contributed by atoms with Crippen molar-refractivity contribution in [2.45, 2.75) is 18.9 Å². The van der Waals surface area contributed by atoms with Gasteiger partial charge in [-0.1, -0.05) is 37.3 Å². The minimum absolute atomic E-state index is 0.105. The second kappa shape index (κ2) is 5.84. The number of carbonyl (C=O) groups is 1. The van der Waals surface area contributed by atoms with Gasteiger partial charge in [-0.2, -0.15) is 4.99 Å². The molecule has 19 heavy (non-hydrogen) atoms. The van der Waals surface area contributed by atoms with E-state index in [4.69, 9.17) is 10.5 Å². The number of nitrogens with zero attached hydrogens (tertiary/aromatic N) is 2. The third kappa shape index (κ3) is 2.76. The molecule has 1 heterocycles. The Bertz CT molecular complexity index is 473. The Morgan fingerprint density at radius 2 is 2.11 bits per heavy atom. The van der Waals surface area contributed by atoms with Crippen molar-refractivity contribution in [3.8, 4) is 0 Å². The van der Waals surface area contributed by atoms with Crippen LogP contribution in [0.2, 0.25) is 0 Å². The number of hydrogen-bond donors (Lipinski definition) is 1. The number of aliphatic imine (C=N–C) groups is 1. The van der Waals surface area contributed by atoms with Gasteiger partial charge in [0.05, 0.1) is 12.6 Å². The lowest BCUT2D eigenvalue weighted by Crippen LogP contribution is -2.45. The lowest BCUT2D eigenvalue weighted by molar-refractivity contribution is 0.146. The lowest BCUT2D eigenvalue weighted by atomic mass is 9.92. The van der Waals surface area contributed by atoms with Gasteiger partial charge in [-0.3, -0.25) is 0 Å². The van der Waals surface area contributed by atoms with Crippen LogP contribution in [-0.2, 0) is 4.74 Å². The van der Waals surface area contributed by atoms with Gasteiger partial charge in [0.25, 0.3) is 0 Å². The van der Waals surface area contributed by atoms with Crippen LogP contribution in [0.4, 0.5) is 4.79 Å². The molecule has 1 aliphatic rings. The topological polar surface area (TPSA) is 67.9 Å². The number of rotatable bonds is 5. The number of hydrogen-bond acceptors (Lipinski definition) is 3. The highest BCUT2D eigenvalue weighted by Crippen LogP contribution is 2.26. The Labute approximate surface area is 113 Å². The number of amides is 2. The van der Waals surface area contributed by atoms with E-state index in [0.717, 1.165) is 5.56 Å². The van der Waals surface area contributed by atoms with Gasteiger partial charge in [0.15, 0.2) is 0 Å². The van der Waals surface area contributed by atoms with Crippen LogP contribution in [0.15, 0.2) is 35.3 Å². The van der Waals surface area contributed by atoms with Crippen LogP contribution < -0.4 is 5.73 Å². The van der Waals surface area contributed by atoms with Crippen LogP contribution in [0.3, 0.4) is 0 Å². The van der Waals surface area contributed by atoms with Gasteiger partial charge in [-0.25, -0.2) is 4.79 Å². The molecule has 2 atom stereocenters. The minimum Gasteiger partial charge on any atom is -0.385 e. The van der Waals surface area contributed by atoms with E-state index in [2.05, 4.69) is 11.9 Å². The minimum atomic E-state index is -0.276. The molecule has 1 aliphatic heterocycles. The molecule has 0 radical (unpaired) electrons. The summed E-state index contributed by atoms with van der Waals surface area (Å²) in [5.41, 5.74) is 7.06. The standard InChI is InChI=1S/C14H19N3O2/c1-10(11-6-4-3-5-7-11)12-13(15)16-14(18)17(12)8-9-19-2/h3-7,10,12H,8-9H2,1-2H3,(H2,15,16,18). The highest BCUT2D eigenvalue weighted by Gasteiger charge is 2.37.